The molecule has 0 atom stereocenters. The zero-order valence-electron chi connectivity index (χ0n) is 12.6. The molecule has 1 aromatic rings. The summed E-state index contributed by atoms with van der Waals surface area (Å²) in [5.74, 6) is 1.71. The third-order valence-electron chi connectivity index (χ3n) is 3.40. The number of carbonyl (C=O) groups is 1. The Kier molecular flexibility index (Phi) is 6.34. The van der Waals surface area contributed by atoms with E-state index in [4.69, 9.17) is 9.47 Å². The Morgan fingerprint density at radius 1 is 1.19 bits per heavy atom. The van der Waals surface area contributed by atoms with E-state index < -0.39 is 0 Å². The van der Waals surface area contributed by atoms with Crippen LogP contribution in [-0.2, 0) is 11.3 Å². The molecule has 1 aromatic carbocycles. The van der Waals surface area contributed by atoms with E-state index in [-0.39, 0.29) is 5.91 Å². The number of nitrogens with one attached hydrogen (secondary N) is 2. The summed E-state index contributed by atoms with van der Waals surface area (Å²) < 4.78 is 10.6. The van der Waals surface area contributed by atoms with Crippen LogP contribution >= 0.6 is 0 Å². The average Bonchev–Trinajstić information content (AvgIpc) is 2.96. The summed E-state index contributed by atoms with van der Waals surface area (Å²) in [6.07, 6.45) is 3.92. The molecule has 1 amide bonds. The topological polar surface area (TPSA) is 59.6 Å². The molecule has 0 aromatic heterocycles. The van der Waals surface area contributed by atoms with Crippen LogP contribution in [0, 0.1) is 0 Å². The molecule has 2 rings (SSSR count). The van der Waals surface area contributed by atoms with Gasteiger partial charge in [-0.05, 0) is 24.1 Å². The third kappa shape index (κ3) is 5.27. The van der Waals surface area contributed by atoms with Gasteiger partial charge in [0.1, 0.15) is 0 Å². The fraction of sp³-hybridized carbons (Fsp3) is 0.562. The van der Waals surface area contributed by atoms with Gasteiger partial charge in [0.25, 0.3) is 0 Å². The molecule has 0 saturated heterocycles. The number of hydrogen-bond donors (Lipinski definition) is 2. The number of hydrogen-bond acceptors (Lipinski definition) is 4. The van der Waals surface area contributed by atoms with Gasteiger partial charge >= 0.3 is 0 Å². The maximum Gasteiger partial charge on any atom is 0.231 e. The first-order valence-corrected chi connectivity index (χ1v) is 7.65. The lowest BCUT2D eigenvalue weighted by Crippen LogP contribution is -2.28. The summed E-state index contributed by atoms with van der Waals surface area (Å²) in [7, 11) is 0. The highest BCUT2D eigenvalue weighted by molar-refractivity contribution is 5.75. The first kappa shape index (κ1) is 15.6. The average molecular weight is 292 g/mol. The molecule has 5 nitrogen and oxygen atoms in total. The molecule has 0 fully saturated rings. The van der Waals surface area contributed by atoms with E-state index in [2.05, 4.69) is 17.6 Å². The summed E-state index contributed by atoms with van der Waals surface area (Å²) in [4.78, 5) is 11.6. The Morgan fingerprint density at radius 3 is 2.90 bits per heavy atom. The minimum Gasteiger partial charge on any atom is -0.454 e. The molecule has 0 bridgehead atoms. The summed E-state index contributed by atoms with van der Waals surface area (Å²) in [6, 6.07) is 5.89. The second kappa shape index (κ2) is 8.52. The lowest BCUT2D eigenvalue weighted by Gasteiger charge is -2.07. The number of ether oxygens (including phenoxy) is 2. The van der Waals surface area contributed by atoms with Crippen LogP contribution in [0.25, 0.3) is 0 Å². The number of rotatable bonds is 9. The van der Waals surface area contributed by atoms with Crippen LogP contribution in [0.4, 0.5) is 0 Å². The van der Waals surface area contributed by atoms with Crippen molar-refractivity contribution in [2.75, 3.05) is 19.9 Å². The quantitative estimate of drug-likeness (QED) is 0.685. The second-order valence-electron chi connectivity index (χ2n) is 5.17. The van der Waals surface area contributed by atoms with Gasteiger partial charge in [0.15, 0.2) is 11.5 Å². The van der Waals surface area contributed by atoms with Crippen molar-refractivity contribution in [1.82, 2.24) is 10.6 Å². The predicted octanol–water partition coefficient (Wildman–Crippen LogP) is 2.20. The zero-order chi connectivity index (χ0) is 14.9. The Labute approximate surface area is 126 Å². The molecule has 1 heterocycles. The Bertz CT molecular complexity index is 463. The van der Waals surface area contributed by atoms with Gasteiger partial charge in [0.05, 0.1) is 0 Å². The minimum absolute atomic E-state index is 0.115. The second-order valence-corrected chi connectivity index (χ2v) is 5.17. The number of fused-ring (bicyclic) bond motifs is 1. The molecule has 5 heteroatoms. The molecule has 0 radical (unpaired) electrons. The summed E-state index contributed by atoms with van der Waals surface area (Å²) in [6.45, 7) is 4.63. The van der Waals surface area contributed by atoms with E-state index >= 15 is 0 Å². The van der Waals surface area contributed by atoms with Crippen molar-refractivity contribution in [2.24, 2.45) is 0 Å². The number of amides is 1. The van der Waals surface area contributed by atoms with Crippen molar-refractivity contribution >= 4 is 5.91 Å². The van der Waals surface area contributed by atoms with Crippen molar-refractivity contribution < 1.29 is 14.3 Å². The van der Waals surface area contributed by atoms with Crippen molar-refractivity contribution in [3.63, 3.8) is 0 Å². The standard InChI is InChI=1S/C16H24N2O3/c1-2-3-4-8-18-16(19)7-9-17-11-13-5-6-14-15(10-13)21-12-20-14/h5-6,10,17H,2-4,7-9,11-12H2,1H3,(H,18,19). The fourth-order valence-electron chi connectivity index (χ4n) is 2.18. The van der Waals surface area contributed by atoms with Crippen molar-refractivity contribution in [1.29, 1.82) is 0 Å². The summed E-state index contributed by atoms with van der Waals surface area (Å²) >= 11 is 0. The molecule has 1 aliphatic heterocycles. The molecule has 21 heavy (non-hydrogen) atoms. The molecule has 0 unspecified atom stereocenters. The van der Waals surface area contributed by atoms with E-state index in [9.17, 15) is 4.79 Å². The monoisotopic (exact) mass is 292 g/mol. The number of benzene rings is 1. The van der Waals surface area contributed by atoms with Gasteiger partial charge in [0, 0.05) is 26.1 Å². The van der Waals surface area contributed by atoms with Gasteiger partial charge in [-0.25, -0.2) is 0 Å². The summed E-state index contributed by atoms with van der Waals surface area (Å²) in [5.41, 5.74) is 1.13. The van der Waals surface area contributed by atoms with E-state index in [1.54, 1.807) is 0 Å². The summed E-state index contributed by atoms with van der Waals surface area (Å²) in [5, 5.41) is 6.20. The zero-order valence-corrected chi connectivity index (χ0v) is 12.6. The van der Waals surface area contributed by atoms with Gasteiger partial charge in [-0.15, -0.1) is 0 Å². The predicted molar refractivity (Wildman–Crippen MR) is 81.4 cm³/mol. The largest absolute Gasteiger partial charge is 0.454 e. The molecule has 2 N–H and O–H groups in total. The van der Waals surface area contributed by atoms with Crippen LogP contribution in [0.15, 0.2) is 18.2 Å². The third-order valence-corrected chi connectivity index (χ3v) is 3.40. The van der Waals surface area contributed by atoms with Crippen LogP contribution < -0.4 is 20.1 Å². The molecule has 0 saturated carbocycles. The maximum absolute atomic E-state index is 11.6. The van der Waals surface area contributed by atoms with Gasteiger partial charge in [-0.2, -0.15) is 0 Å². The van der Waals surface area contributed by atoms with E-state index in [0.29, 0.717) is 19.8 Å². The lowest BCUT2D eigenvalue weighted by molar-refractivity contribution is -0.121. The van der Waals surface area contributed by atoms with Crippen LogP contribution in [-0.4, -0.2) is 25.8 Å². The maximum atomic E-state index is 11.6. The van der Waals surface area contributed by atoms with Crippen molar-refractivity contribution in [3.05, 3.63) is 23.8 Å². The Hall–Kier alpha value is -1.75. The van der Waals surface area contributed by atoms with Crippen LogP contribution in [0.3, 0.4) is 0 Å². The highest BCUT2D eigenvalue weighted by Crippen LogP contribution is 2.32. The number of unbranched alkanes of at least 4 members (excludes halogenated alkanes) is 2. The lowest BCUT2D eigenvalue weighted by atomic mass is 10.2. The molecular formula is C16H24N2O3. The first-order chi connectivity index (χ1) is 10.3. The SMILES string of the molecule is CCCCCNC(=O)CCNCc1ccc2c(c1)OCO2. The van der Waals surface area contributed by atoms with Crippen molar-refractivity contribution in [3.8, 4) is 11.5 Å². The molecule has 0 aliphatic carbocycles. The minimum atomic E-state index is 0.115. The normalized spacial score (nSPS) is 12.4. The van der Waals surface area contributed by atoms with Crippen molar-refractivity contribution in [2.45, 2.75) is 39.2 Å². The number of carbonyl (C=O) groups excluding carboxylic acids is 1. The highest BCUT2D eigenvalue weighted by Gasteiger charge is 2.12. The smallest absolute Gasteiger partial charge is 0.231 e. The Morgan fingerprint density at radius 2 is 2.05 bits per heavy atom. The van der Waals surface area contributed by atoms with E-state index in [1.807, 2.05) is 18.2 Å². The first-order valence-electron chi connectivity index (χ1n) is 7.65. The van der Waals surface area contributed by atoms with Gasteiger partial charge < -0.3 is 20.1 Å². The molecule has 0 spiro atoms. The highest BCUT2D eigenvalue weighted by atomic mass is 16.7. The Balaban J connectivity index is 1.58. The van der Waals surface area contributed by atoms with Gasteiger partial charge in [0.2, 0.25) is 12.7 Å². The molecule has 1 aliphatic rings. The van der Waals surface area contributed by atoms with Crippen LogP contribution in [0.5, 0.6) is 11.5 Å². The molecule has 116 valence electrons. The van der Waals surface area contributed by atoms with Crippen LogP contribution in [0.2, 0.25) is 0 Å². The van der Waals surface area contributed by atoms with E-state index in [1.165, 1.54) is 12.8 Å². The fourth-order valence-corrected chi connectivity index (χ4v) is 2.18. The van der Waals surface area contributed by atoms with Crippen LogP contribution in [0.1, 0.15) is 38.2 Å². The van der Waals surface area contributed by atoms with Gasteiger partial charge in [-0.1, -0.05) is 25.8 Å². The van der Waals surface area contributed by atoms with Gasteiger partial charge in [-0.3, -0.25) is 4.79 Å². The molecular weight excluding hydrogens is 268 g/mol. The van der Waals surface area contributed by atoms with E-state index in [0.717, 1.165) is 36.6 Å².